The van der Waals surface area contributed by atoms with Gasteiger partial charge < -0.3 is 10.6 Å². The zero-order valence-corrected chi connectivity index (χ0v) is 12.1. The minimum atomic E-state index is 0.735. The zero-order valence-electron chi connectivity index (χ0n) is 12.1. The van der Waals surface area contributed by atoms with Crippen molar-refractivity contribution < 1.29 is 0 Å². The van der Waals surface area contributed by atoms with Crippen molar-refractivity contribution in [3.05, 3.63) is 66.3 Å². The summed E-state index contributed by atoms with van der Waals surface area (Å²) in [6.07, 6.45) is 11.6. The molecule has 0 aliphatic carbocycles. The molecule has 0 aromatic heterocycles. The summed E-state index contributed by atoms with van der Waals surface area (Å²) in [6, 6.07) is 8.68. The molecule has 0 spiro atoms. The molecule has 1 aromatic rings. The fraction of sp³-hybridized carbons (Fsp3) is 0.333. The number of para-hydroxylation sites is 1. The van der Waals surface area contributed by atoms with Gasteiger partial charge in [0.1, 0.15) is 0 Å². The van der Waals surface area contributed by atoms with Crippen LogP contribution in [0.2, 0.25) is 0 Å². The van der Waals surface area contributed by atoms with E-state index in [0.29, 0.717) is 0 Å². The average Bonchev–Trinajstić information content (AvgIpc) is 2.51. The molecule has 0 unspecified atom stereocenters. The van der Waals surface area contributed by atoms with Gasteiger partial charge in [-0.2, -0.15) is 0 Å². The number of anilines is 1. The Kier molecular flexibility index (Phi) is 5.63. The second-order valence-electron chi connectivity index (χ2n) is 5.16. The van der Waals surface area contributed by atoms with Crippen LogP contribution in [0, 0.1) is 0 Å². The number of hydrogen-bond acceptors (Lipinski definition) is 2. The molecule has 0 saturated carbocycles. The first-order chi connectivity index (χ1) is 9.81. The van der Waals surface area contributed by atoms with Crippen LogP contribution in [0.5, 0.6) is 0 Å². The van der Waals surface area contributed by atoms with Crippen LogP contribution in [0.25, 0.3) is 0 Å². The standard InChI is InChI=1S/C18H24N2/c1-16-8-3-2-6-14-20(15-7-13-19)18-10-5-4-9-17(18)12-11-16/h2-6,8-10H,1,7,11-15,19H2/b6-2-,8-3-. The summed E-state index contributed by atoms with van der Waals surface area (Å²) in [6.45, 7) is 6.77. The molecule has 2 rings (SSSR count). The lowest BCUT2D eigenvalue weighted by Crippen LogP contribution is -2.27. The van der Waals surface area contributed by atoms with E-state index in [4.69, 9.17) is 5.73 Å². The zero-order chi connectivity index (χ0) is 14.2. The van der Waals surface area contributed by atoms with E-state index in [9.17, 15) is 0 Å². The molecule has 0 radical (unpaired) electrons. The van der Waals surface area contributed by atoms with Crippen molar-refractivity contribution in [2.75, 3.05) is 24.5 Å². The Morgan fingerprint density at radius 2 is 2.00 bits per heavy atom. The third-order valence-corrected chi connectivity index (χ3v) is 3.58. The van der Waals surface area contributed by atoms with Gasteiger partial charge in [-0.25, -0.2) is 0 Å². The molecule has 0 atom stereocenters. The predicted octanol–water partition coefficient (Wildman–Crippen LogP) is 3.46. The number of nitrogens with zero attached hydrogens (tertiary/aromatic N) is 1. The normalized spacial score (nSPS) is 19.1. The molecule has 2 nitrogen and oxygen atoms in total. The molecule has 1 aliphatic heterocycles. The Hall–Kier alpha value is -1.80. The Balaban J connectivity index is 2.27. The van der Waals surface area contributed by atoms with E-state index in [1.54, 1.807) is 0 Å². The number of fused-ring (bicyclic) bond motifs is 1. The van der Waals surface area contributed by atoms with Crippen molar-refractivity contribution in [3.8, 4) is 0 Å². The number of benzene rings is 1. The van der Waals surface area contributed by atoms with Crippen molar-refractivity contribution in [2.45, 2.75) is 19.3 Å². The Labute approximate surface area is 122 Å². The summed E-state index contributed by atoms with van der Waals surface area (Å²) < 4.78 is 0. The van der Waals surface area contributed by atoms with E-state index in [1.165, 1.54) is 16.8 Å². The minimum Gasteiger partial charge on any atom is -0.368 e. The van der Waals surface area contributed by atoms with Crippen molar-refractivity contribution in [2.24, 2.45) is 5.73 Å². The molecule has 1 aromatic carbocycles. The van der Waals surface area contributed by atoms with Gasteiger partial charge in [0, 0.05) is 18.8 Å². The monoisotopic (exact) mass is 268 g/mol. The Bertz CT molecular complexity index is 500. The highest BCUT2D eigenvalue weighted by molar-refractivity contribution is 5.54. The van der Waals surface area contributed by atoms with Crippen LogP contribution in [-0.4, -0.2) is 19.6 Å². The van der Waals surface area contributed by atoms with Crippen LogP contribution < -0.4 is 10.6 Å². The van der Waals surface area contributed by atoms with Gasteiger partial charge in [-0.05, 0) is 37.4 Å². The van der Waals surface area contributed by atoms with Gasteiger partial charge in [-0.15, -0.1) is 0 Å². The maximum atomic E-state index is 5.67. The third-order valence-electron chi connectivity index (χ3n) is 3.58. The van der Waals surface area contributed by atoms with Crippen LogP contribution in [0.1, 0.15) is 18.4 Å². The smallest absolute Gasteiger partial charge is 0.0401 e. The first-order valence-corrected chi connectivity index (χ1v) is 7.35. The lowest BCUT2D eigenvalue weighted by atomic mass is 10.0. The predicted molar refractivity (Wildman–Crippen MR) is 88.1 cm³/mol. The maximum absolute atomic E-state index is 5.67. The number of allylic oxidation sites excluding steroid dienone is 4. The van der Waals surface area contributed by atoms with Crippen LogP contribution in [0.15, 0.2) is 60.7 Å². The van der Waals surface area contributed by atoms with Crippen LogP contribution in [0.4, 0.5) is 5.69 Å². The first-order valence-electron chi connectivity index (χ1n) is 7.35. The van der Waals surface area contributed by atoms with Crippen LogP contribution in [-0.2, 0) is 6.42 Å². The maximum Gasteiger partial charge on any atom is 0.0401 e. The molecule has 0 amide bonds. The Morgan fingerprint density at radius 3 is 2.85 bits per heavy atom. The van der Waals surface area contributed by atoms with Gasteiger partial charge in [-0.1, -0.05) is 54.7 Å². The van der Waals surface area contributed by atoms with E-state index in [-0.39, 0.29) is 0 Å². The number of rotatable bonds is 3. The van der Waals surface area contributed by atoms with Crippen LogP contribution >= 0.6 is 0 Å². The van der Waals surface area contributed by atoms with E-state index >= 15 is 0 Å². The van der Waals surface area contributed by atoms with E-state index in [1.807, 2.05) is 0 Å². The van der Waals surface area contributed by atoms with Gasteiger partial charge in [0.25, 0.3) is 0 Å². The summed E-state index contributed by atoms with van der Waals surface area (Å²) in [7, 11) is 0. The molecule has 106 valence electrons. The summed E-state index contributed by atoms with van der Waals surface area (Å²) >= 11 is 0. The molecule has 0 saturated heterocycles. The lowest BCUT2D eigenvalue weighted by Gasteiger charge is -2.26. The summed E-state index contributed by atoms with van der Waals surface area (Å²) in [5.74, 6) is 0. The fourth-order valence-electron chi connectivity index (χ4n) is 2.46. The molecule has 2 heteroatoms. The summed E-state index contributed by atoms with van der Waals surface area (Å²) in [4.78, 5) is 2.42. The largest absolute Gasteiger partial charge is 0.368 e. The molecule has 2 N–H and O–H groups in total. The highest BCUT2D eigenvalue weighted by Crippen LogP contribution is 2.23. The highest BCUT2D eigenvalue weighted by Gasteiger charge is 2.10. The molecule has 20 heavy (non-hydrogen) atoms. The summed E-state index contributed by atoms with van der Waals surface area (Å²) in [5, 5.41) is 0. The average molecular weight is 268 g/mol. The highest BCUT2D eigenvalue weighted by atomic mass is 15.1. The minimum absolute atomic E-state index is 0.735. The van der Waals surface area contributed by atoms with Gasteiger partial charge in [0.05, 0.1) is 0 Å². The van der Waals surface area contributed by atoms with Crippen LogP contribution in [0.3, 0.4) is 0 Å². The van der Waals surface area contributed by atoms with Gasteiger partial charge in [-0.3, -0.25) is 0 Å². The summed E-state index contributed by atoms with van der Waals surface area (Å²) in [5.41, 5.74) is 9.58. The molecular formula is C18H24N2. The second kappa shape index (κ2) is 7.71. The SMILES string of the molecule is C=C1/C=C\C=C/CN(CCCN)c2ccccc2CC1. The number of nitrogens with two attached hydrogens (primary N) is 1. The van der Waals surface area contributed by atoms with Gasteiger partial charge in [0.2, 0.25) is 0 Å². The lowest BCUT2D eigenvalue weighted by molar-refractivity contribution is 0.766. The van der Waals surface area contributed by atoms with Crippen molar-refractivity contribution in [1.29, 1.82) is 0 Å². The van der Waals surface area contributed by atoms with Crippen molar-refractivity contribution >= 4 is 5.69 Å². The Morgan fingerprint density at radius 1 is 1.15 bits per heavy atom. The van der Waals surface area contributed by atoms with Crippen molar-refractivity contribution in [1.82, 2.24) is 0 Å². The van der Waals surface area contributed by atoms with Gasteiger partial charge >= 0.3 is 0 Å². The quantitative estimate of drug-likeness (QED) is 0.909. The topological polar surface area (TPSA) is 29.3 Å². The van der Waals surface area contributed by atoms with Gasteiger partial charge in [0.15, 0.2) is 0 Å². The number of aryl methyl sites for hydroxylation is 1. The second-order valence-corrected chi connectivity index (χ2v) is 5.16. The van der Waals surface area contributed by atoms with E-state index < -0.39 is 0 Å². The third kappa shape index (κ3) is 4.10. The molecular weight excluding hydrogens is 244 g/mol. The fourth-order valence-corrected chi connectivity index (χ4v) is 2.46. The molecule has 0 bridgehead atoms. The molecule has 0 fully saturated rings. The molecule has 1 heterocycles. The van der Waals surface area contributed by atoms with E-state index in [2.05, 4.69) is 60.0 Å². The number of hydrogen-bond donors (Lipinski definition) is 1. The first kappa shape index (κ1) is 14.6. The van der Waals surface area contributed by atoms with Crippen molar-refractivity contribution in [3.63, 3.8) is 0 Å². The molecule has 1 aliphatic rings. The van der Waals surface area contributed by atoms with E-state index in [0.717, 1.165) is 38.9 Å².